The van der Waals surface area contributed by atoms with Crippen molar-refractivity contribution in [2.75, 3.05) is 41.0 Å². The lowest BCUT2D eigenvalue weighted by Gasteiger charge is -2.21. The highest BCUT2D eigenvalue weighted by Gasteiger charge is 2.41. The van der Waals surface area contributed by atoms with Crippen LogP contribution in [0, 0.1) is 17.8 Å². The predicted octanol–water partition coefficient (Wildman–Crippen LogP) is 2.68. The molecule has 1 N–H and O–H groups in total. The Morgan fingerprint density at radius 3 is 2.07 bits per heavy atom. The number of amides is 2. The molecule has 7 nitrogen and oxygen atoms in total. The lowest BCUT2D eigenvalue weighted by Crippen LogP contribution is -2.37. The van der Waals surface area contributed by atoms with E-state index in [1.54, 1.807) is 26.2 Å². The van der Waals surface area contributed by atoms with Crippen LogP contribution in [0.1, 0.15) is 39.2 Å². The van der Waals surface area contributed by atoms with Gasteiger partial charge in [0, 0.05) is 31.5 Å². The summed E-state index contributed by atoms with van der Waals surface area (Å²) in [5, 5.41) is 3.03. The molecule has 0 aromatic heterocycles. The number of rotatable bonds is 8. The molecule has 162 valence electrons. The number of carbonyl (C=O) groups excluding carboxylic acids is 2. The van der Waals surface area contributed by atoms with E-state index in [2.05, 4.69) is 19.2 Å². The second-order valence-electron chi connectivity index (χ2n) is 8.21. The molecule has 0 radical (unpaired) electrons. The first-order chi connectivity index (χ1) is 13.7. The van der Waals surface area contributed by atoms with Gasteiger partial charge in [-0.3, -0.25) is 9.59 Å². The minimum atomic E-state index is -0.334. The Morgan fingerprint density at radius 2 is 1.62 bits per heavy atom. The van der Waals surface area contributed by atoms with Crippen LogP contribution in [-0.4, -0.2) is 57.7 Å². The summed E-state index contributed by atoms with van der Waals surface area (Å²) in [6.45, 7) is 9.36. The SMILES string of the molecule is COc1cc(C2CN(C(=O)C(C)C)CC2C(=O)NCC(C)C)cc(OC)c1OC. The molecule has 2 amide bonds. The number of hydrogen-bond acceptors (Lipinski definition) is 5. The first-order valence-corrected chi connectivity index (χ1v) is 10.1. The molecule has 29 heavy (non-hydrogen) atoms. The molecule has 0 spiro atoms. The summed E-state index contributed by atoms with van der Waals surface area (Å²) in [6.07, 6.45) is 0. The maximum atomic E-state index is 13.0. The summed E-state index contributed by atoms with van der Waals surface area (Å²) in [5.41, 5.74) is 0.892. The van der Waals surface area contributed by atoms with Crippen LogP contribution in [0.2, 0.25) is 0 Å². The first-order valence-electron chi connectivity index (χ1n) is 10.1. The molecule has 1 fully saturated rings. The van der Waals surface area contributed by atoms with Crippen LogP contribution in [-0.2, 0) is 9.59 Å². The van der Waals surface area contributed by atoms with Gasteiger partial charge in [0.25, 0.3) is 0 Å². The number of ether oxygens (including phenoxy) is 3. The van der Waals surface area contributed by atoms with Gasteiger partial charge in [0.15, 0.2) is 11.5 Å². The normalized spacial score (nSPS) is 18.9. The molecule has 2 atom stereocenters. The zero-order valence-electron chi connectivity index (χ0n) is 18.6. The molecule has 1 aliphatic rings. The maximum Gasteiger partial charge on any atom is 0.225 e. The van der Waals surface area contributed by atoms with Gasteiger partial charge in [-0.1, -0.05) is 27.7 Å². The molecule has 0 saturated carbocycles. The van der Waals surface area contributed by atoms with Crippen molar-refractivity contribution in [3.8, 4) is 17.2 Å². The zero-order chi connectivity index (χ0) is 21.7. The zero-order valence-corrected chi connectivity index (χ0v) is 18.6. The lowest BCUT2D eigenvalue weighted by molar-refractivity contribution is -0.133. The molecule has 7 heteroatoms. The molecule has 2 rings (SSSR count). The van der Waals surface area contributed by atoms with Gasteiger partial charge in [0.1, 0.15) is 0 Å². The van der Waals surface area contributed by atoms with E-state index >= 15 is 0 Å². The van der Waals surface area contributed by atoms with Gasteiger partial charge in [-0.15, -0.1) is 0 Å². The molecule has 1 aromatic carbocycles. The number of carbonyl (C=O) groups is 2. The van der Waals surface area contributed by atoms with E-state index in [1.165, 1.54) is 0 Å². The number of benzene rings is 1. The fourth-order valence-corrected chi connectivity index (χ4v) is 3.70. The lowest BCUT2D eigenvalue weighted by atomic mass is 9.87. The van der Waals surface area contributed by atoms with Gasteiger partial charge in [-0.2, -0.15) is 0 Å². The average molecular weight is 407 g/mol. The largest absolute Gasteiger partial charge is 0.493 e. The van der Waals surface area contributed by atoms with Crippen molar-refractivity contribution in [1.29, 1.82) is 0 Å². The molecule has 1 heterocycles. The third-order valence-corrected chi connectivity index (χ3v) is 5.26. The van der Waals surface area contributed by atoms with Crippen molar-refractivity contribution in [3.63, 3.8) is 0 Å². The van der Waals surface area contributed by atoms with E-state index in [0.29, 0.717) is 42.8 Å². The van der Waals surface area contributed by atoms with Gasteiger partial charge in [0.05, 0.1) is 27.2 Å². The van der Waals surface area contributed by atoms with Crippen molar-refractivity contribution in [2.45, 2.75) is 33.6 Å². The molecule has 1 aromatic rings. The van der Waals surface area contributed by atoms with Crippen molar-refractivity contribution >= 4 is 11.8 Å². The maximum absolute atomic E-state index is 13.0. The molecular weight excluding hydrogens is 372 g/mol. The fourth-order valence-electron chi connectivity index (χ4n) is 3.70. The molecule has 1 aliphatic heterocycles. The number of hydrogen-bond donors (Lipinski definition) is 1. The number of likely N-dealkylation sites (tertiary alicyclic amines) is 1. The third-order valence-electron chi connectivity index (χ3n) is 5.26. The van der Waals surface area contributed by atoms with E-state index in [-0.39, 0.29) is 29.6 Å². The molecule has 2 unspecified atom stereocenters. The highest BCUT2D eigenvalue weighted by atomic mass is 16.5. The Balaban J connectivity index is 2.42. The smallest absolute Gasteiger partial charge is 0.225 e. The van der Waals surface area contributed by atoms with Gasteiger partial charge in [-0.25, -0.2) is 0 Å². The van der Waals surface area contributed by atoms with Crippen molar-refractivity contribution < 1.29 is 23.8 Å². The number of methoxy groups -OCH3 is 3. The van der Waals surface area contributed by atoms with Crippen LogP contribution in [0.25, 0.3) is 0 Å². The first kappa shape index (κ1) is 22.8. The summed E-state index contributed by atoms with van der Waals surface area (Å²) in [6, 6.07) is 3.75. The summed E-state index contributed by atoms with van der Waals surface area (Å²) in [5.74, 6) is 1.36. The van der Waals surface area contributed by atoms with Gasteiger partial charge in [-0.05, 0) is 23.6 Å². The minimum absolute atomic E-state index is 0.0310. The Kier molecular flexibility index (Phi) is 7.76. The topological polar surface area (TPSA) is 77.1 Å². The van der Waals surface area contributed by atoms with E-state index in [0.717, 1.165) is 5.56 Å². The minimum Gasteiger partial charge on any atom is -0.493 e. The van der Waals surface area contributed by atoms with E-state index in [1.807, 2.05) is 26.0 Å². The van der Waals surface area contributed by atoms with Crippen LogP contribution < -0.4 is 19.5 Å². The van der Waals surface area contributed by atoms with E-state index < -0.39 is 0 Å². The van der Waals surface area contributed by atoms with Gasteiger partial charge >= 0.3 is 0 Å². The third kappa shape index (κ3) is 5.14. The Morgan fingerprint density at radius 1 is 1.03 bits per heavy atom. The highest BCUT2D eigenvalue weighted by molar-refractivity contribution is 5.84. The van der Waals surface area contributed by atoms with Crippen molar-refractivity contribution in [2.24, 2.45) is 17.8 Å². The Hall–Kier alpha value is -2.44. The Labute approximate surface area is 173 Å². The van der Waals surface area contributed by atoms with Crippen molar-refractivity contribution in [1.82, 2.24) is 10.2 Å². The predicted molar refractivity (Wildman–Crippen MR) is 112 cm³/mol. The van der Waals surface area contributed by atoms with Crippen LogP contribution in [0.3, 0.4) is 0 Å². The second-order valence-corrected chi connectivity index (χ2v) is 8.21. The summed E-state index contributed by atoms with van der Waals surface area (Å²) >= 11 is 0. The van der Waals surface area contributed by atoms with Crippen LogP contribution in [0.5, 0.6) is 17.2 Å². The summed E-state index contributed by atoms with van der Waals surface area (Å²) in [7, 11) is 4.69. The average Bonchev–Trinajstić information content (AvgIpc) is 3.15. The number of nitrogens with zero attached hydrogens (tertiary/aromatic N) is 1. The summed E-state index contributed by atoms with van der Waals surface area (Å²) < 4.78 is 16.4. The number of nitrogens with one attached hydrogen (secondary N) is 1. The van der Waals surface area contributed by atoms with Crippen LogP contribution >= 0.6 is 0 Å². The van der Waals surface area contributed by atoms with Gasteiger partial charge < -0.3 is 24.4 Å². The molecule has 0 aliphatic carbocycles. The molecule has 0 bridgehead atoms. The fraction of sp³-hybridized carbons (Fsp3) is 0.636. The molecular formula is C22H34N2O5. The van der Waals surface area contributed by atoms with Crippen molar-refractivity contribution in [3.05, 3.63) is 17.7 Å². The summed E-state index contributed by atoms with van der Waals surface area (Å²) in [4.78, 5) is 27.4. The van der Waals surface area contributed by atoms with Crippen LogP contribution in [0.4, 0.5) is 0 Å². The monoisotopic (exact) mass is 406 g/mol. The quantitative estimate of drug-likeness (QED) is 0.718. The second kappa shape index (κ2) is 9.85. The Bertz CT molecular complexity index is 707. The standard InChI is InChI=1S/C22H34N2O5/c1-13(2)10-23-21(25)17-12-24(22(26)14(3)4)11-16(17)15-8-18(27-5)20(29-7)19(9-15)28-6/h8-9,13-14,16-17H,10-12H2,1-7H3,(H,23,25). The highest BCUT2D eigenvalue weighted by Crippen LogP contribution is 2.43. The van der Waals surface area contributed by atoms with E-state index in [9.17, 15) is 9.59 Å². The van der Waals surface area contributed by atoms with Gasteiger partial charge in [0.2, 0.25) is 17.6 Å². The molecule has 1 saturated heterocycles. The van der Waals surface area contributed by atoms with E-state index in [4.69, 9.17) is 14.2 Å². The van der Waals surface area contributed by atoms with Crippen LogP contribution in [0.15, 0.2) is 12.1 Å².